The van der Waals surface area contributed by atoms with Crippen molar-refractivity contribution in [2.75, 3.05) is 0 Å². The third-order valence-electron chi connectivity index (χ3n) is 2.49. The Kier molecular flexibility index (Phi) is 2.92. The number of para-hydroxylation sites is 2. The topological polar surface area (TPSA) is 107 Å². The number of carbonyl (C=O) groups excluding carboxylic acids is 1. The minimum Gasteiger partial charge on any atom is -0.459 e. The average molecular weight is 270 g/mol. The highest BCUT2D eigenvalue weighted by atomic mass is 16.4. The van der Waals surface area contributed by atoms with Crippen LogP contribution in [-0.4, -0.2) is 16.9 Å². The van der Waals surface area contributed by atoms with Crippen molar-refractivity contribution in [1.29, 1.82) is 0 Å². The summed E-state index contributed by atoms with van der Waals surface area (Å²) in [6.07, 6.45) is 1.39. The van der Waals surface area contributed by atoms with Gasteiger partial charge in [-0.25, -0.2) is 0 Å². The summed E-state index contributed by atoms with van der Waals surface area (Å²) >= 11 is 0. The fraction of sp³-hybridized carbons (Fsp3) is 0. The van der Waals surface area contributed by atoms with E-state index in [4.69, 9.17) is 14.6 Å². The van der Waals surface area contributed by atoms with Crippen LogP contribution in [0.5, 0.6) is 0 Å². The zero-order chi connectivity index (χ0) is 13.9. The van der Waals surface area contributed by atoms with E-state index in [1.807, 2.05) is 12.1 Å². The smallest absolute Gasteiger partial charge is 0.325 e. The van der Waals surface area contributed by atoms with Gasteiger partial charge >= 0.3 is 6.01 Å². The second kappa shape index (κ2) is 4.88. The van der Waals surface area contributed by atoms with E-state index in [0.29, 0.717) is 11.1 Å². The molecule has 100 valence electrons. The molecule has 0 saturated carbocycles. The van der Waals surface area contributed by atoms with Gasteiger partial charge in [0.15, 0.2) is 11.3 Å². The van der Waals surface area contributed by atoms with Crippen LogP contribution in [0.3, 0.4) is 0 Å². The van der Waals surface area contributed by atoms with Gasteiger partial charge in [0, 0.05) is 0 Å². The van der Waals surface area contributed by atoms with Crippen molar-refractivity contribution in [3.63, 3.8) is 0 Å². The van der Waals surface area contributed by atoms with Gasteiger partial charge in [-0.1, -0.05) is 12.1 Å². The molecule has 3 N–H and O–H groups in total. The van der Waals surface area contributed by atoms with E-state index in [1.165, 1.54) is 12.3 Å². The van der Waals surface area contributed by atoms with Crippen molar-refractivity contribution in [2.45, 2.75) is 0 Å². The number of benzene rings is 1. The predicted octanol–water partition coefficient (Wildman–Crippen LogP) is 1.80. The lowest BCUT2D eigenvalue weighted by molar-refractivity contribution is 0.0949. The number of aromatic nitrogens is 1. The van der Waals surface area contributed by atoms with Crippen LogP contribution in [-0.2, 0) is 0 Å². The van der Waals surface area contributed by atoms with Gasteiger partial charge in [-0.15, -0.1) is 0 Å². The van der Waals surface area contributed by atoms with Crippen molar-refractivity contribution in [3.05, 3.63) is 48.4 Å². The van der Waals surface area contributed by atoms with E-state index in [2.05, 4.69) is 15.3 Å². The highest BCUT2D eigenvalue weighted by Crippen LogP contribution is 2.19. The number of carbonyl (C=O) groups is 1. The quantitative estimate of drug-likeness (QED) is 0.545. The summed E-state index contributed by atoms with van der Waals surface area (Å²) in [5.74, 6) is -0.481. The number of oxazole rings is 1. The third kappa shape index (κ3) is 2.37. The van der Waals surface area contributed by atoms with E-state index in [-0.39, 0.29) is 17.7 Å². The Balaban J connectivity index is 1.79. The monoisotopic (exact) mass is 270 g/mol. The van der Waals surface area contributed by atoms with Crippen molar-refractivity contribution in [3.8, 4) is 0 Å². The van der Waals surface area contributed by atoms with Gasteiger partial charge in [0.05, 0.1) is 6.26 Å². The standard InChI is InChI=1S/C13H10N4O3/c14-12(16-11(18)10-6-3-7-19-10)17-13-15-8-4-1-2-5-9(8)20-13/h1-7H,(H3,14,15,16,17,18). The molecule has 0 fully saturated rings. The number of nitrogens with one attached hydrogen (secondary N) is 1. The second-order valence-electron chi connectivity index (χ2n) is 3.89. The Morgan fingerprint density at radius 3 is 2.85 bits per heavy atom. The van der Waals surface area contributed by atoms with Crippen LogP contribution in [0.2, 0.25) is 0 Å². The summed E-state index contributed by atoms with van der Waals surface area (Å²) in [4.78, 5) is 19.7. The maximum atomic E-state index is 11.7. The number of amides is 1. The number of nitrogens with two attached hydrogens (primary N) is 1. The first kappa shape index (κ1) is 12.0. The lowest BCUT2D eigenvalue weighted by Crippen LogP contribution is -2.36. The van der Waals surface area contributed by atoms with Crippen molar-refractivity contribution < 1.29 is 13.6 Å². The number of rotatable bonds is 2. The van der Waals surface area contributed by atoms with Crippen LogP contribution in [0, 0.1) is 0 Å². The molecule has 7 heteroatoms. The average Bonchev–Trinajstić information content (AvgIpc) is 3.07. The van der Waals surface area contributed by atoms with Gasteiger partial charge in [0.25, 0.3) is 5.91 Å². The van der Waals surface area contributed by atoms with E-state index in [1.54, 1.807) is 18.2 Å². The molecule has 3 rings (SSSR count). The lowest BCUT2D eigenvalue weighted by atomic mass is 10.3. The normalized spacial score (nSPS) is 11.7. The van der Waals surface area contributed by atoms with Gasteiger partial charge < -0.3 is 14.6 Å². The molecule has 0 bridgehead atoms. The third-order valence-corrected chi connectivity index (χ3v) is 2.49. The van der Waals surface area contributed by atoms with Crippen LogP contribution in [0.1, 0.15) is 10.6 Å². The van der Waals surface area contributed by atoms with Gasteiger partial charge in [0.2, 0.25) is 5.96 Å². The van der Waals surface area contributed by atoms with Crippen molar-refractivity contribution >= 4 is 29.0 Å². The molecule has 0 aliphatic rings. The molecule has 0 atom stereocenters. The fourth-order valence-corrected chi connectivity index (χ4v) is 1.62. The summed E-state index contributed by atoms with van der Waals surface area (Å²) in [7, 11) is 0. The molecule has 0 saturated heterocycles. The molecule has 2 heterocycles. The Labute approximate surface area is 113 Å². The number of aliphatic imine (C=N–C) groups is 1. The molecule has 0 aliphatic heterocycles. The van der Waals surface area contributed by atoms with Crippen molar-refractivity contribution in [1.82, 2.24) is 10.3 Å². The number of fused-ring (bicyclic) bond motifs is 1. The summed E-state index contributed by atoms with van der Waals surface area (Å²) in [6, 6.07) is 10.4. The van der Waals surface area contributed by atoms with Crippen LogP contribution in [0.25, 0.3) is 11.1 Å². The SMILES string of the molecule is N/C(=N\c1nc2ccccc2o1)NC(=O)c1ccco1. The Morgan fingerprint density at radius 1 is 1.25 bits per heavy atom. The Bertz CT molecular complexity index is 741. The molecule has 0 unspecified atom stereocenters. The number of nitrogens with zero attached hydrogens (tertiary/aromatic N) is 2. The van der Waals surface area contributed by atoms with Crippen LogP contribution < -0.4 is 11.1 Å². The maximum Gasteiger partial charge on any atom is 0.325 e. The van der Waals surface area contributed by atoms with Gasteiger partial charge in [-0.3, -0.25) is 10.1 Å². The highest BCUT2D eigenvalue weighted by molar-refractivity contribution is 6.04. The summed E-state index contributed by atoms with van der Waals surface area (Å²) < 4.78 is 10.3. The zero-order valence-electron chi connectivity index (χ0n) is 10.2. The molecule has 2 aromatic heterocycles. The molecular weight excluding hydrogens is 260 g/mol. The summed E-state index contributed by atoms with van der Waals surface area (Å²) in [5.41, 5.74) is 6.87. The molecule has 0 spiro atoms. The largest absolute Gasteiger partial charge is 0.459 e. The molecular formula is C13H10N4O3. The predicted molar refractivity (Wildman–Crippen MR) is 71.5 cm³/mol. The molecule has 7 nitrogen and oxygen atoms in total. The number of furan rings is 1. The van der Waals surface area contributed by atoms with E-state index in [0.717, 1.165) is 0 Å². The number of guanidine groups is 1. The molecule has 1 amide bonds. The fourth-order valence-electron chi connectivity index (χ4n) is 1.62. The van der Waals surface area contributed by atoms with Crippen LogP contribution in [0.4, 0.5) is 6.01 Å². The van der Waals surface area contributed by atoms with E-state index < -0.39 is 5.91 Å². The molecule has 3 aromatic rings. The second-order valence-corrected chi connectivity index (χ2v) is 3.89. The van der Waals surface area contributed by atoms with E-state index in [9.17, 15) is 4.79 Å². The van der Waals surface area contributed by atoms with Gasteiger partial charge in [-0.05, 0) is 24.3 Å². The molecule has 1 aromatic carbocycles. The van der Waals surface area contributed by atoms with Gasteiger partial charge in [-0.2, -0.15) is 9.98 Å². The molecule has 20 heavy (non-hydrogen) atoms. The first-order valence-electron chi connectivity index (χ1n) is 5.77. The number of hydrogen-bond acceptors (Lipinski definition) is 5. The summed E-state index contributed by atoms with van der Waals surface area (Å²) in [6.45, 7) is 0. The Morgan fingerprint density at radius 2 is 2.10 bits per heavy atom. The summed E-state index contributed by atoms with van der Waals surface area (Å²) in [5, 5.41) is 2.37. The first-order valence-corrected chi connectivity index (χ1v) is 5.77. The maximum absolute atomic E-state index is 11.7. The van der Waals surface area contributed by atoms with Gasteiger partial charge in [0.1, 0.15) is 5.52 Å². The first-order chi connectivity index (χ1) is 9.72. The number of hydrogen-bond donors (Lipinski definition) is 2. The molecule has 0 radical (unpaired) electrons. The minimum absolute atomic E-state index is 0.0726. The lowest BCUT2D eigenvalue weighted by Gasteiger charge is -1.99. The zero-order valence-corrected chi connectivity index (χ0v) is 10.2. The van der Waals surface area contributed by atoms with Crippen molar-refractivity contribution in [2.24, 2.45) is 10.7 Å². The molecule has 0 aliphatic carbocycles. The van der Waals surface area contributed by atoms with E-state index >= 15 is 0 Å². The Hall–Kier alpha value is -3.09. The van der Waals surface area contributed by atoms with Crippen LogP contribution in [0.15, 0.2) is 56.5 Å². The highest BCUT2D eigenvalue weighted by Gasteiger charge is 2.10. The minimum atomic E-state index is -0.493. The van der Waals surface area contributed by atoms with Crippen LogP contribution >= 0.6 is 0 Å².